The van der Waals surface area contributed by atoms with Gasteiger partial charge in [0, 0.05) is 5.56 Å². The van der Waals surface area contributed by atoms with Crippen LogP contribution in [0.3, 0.4) is 0 Å². The summed E-state index contributed by atoms with van der Waals surface area (Å²) in [5, 5.41) is 0. The Balaban J connectivity index is 2.85. The minimum Gasteiger partial charge on any atom is -0.494 e. The number of hydrogen-bond donors (Lipinski definition) is 1. The van der Waals surface area contributed by atoms with Crippen LogP contribution in [0.1, 0.15) is 12.5 Å². The average molecular weight is 189 g/mol. The quantitative estimate of drug-likeness (QED) is 0.703. The van der Waals surface area contributed by atoms with Crippen LogP contribution in [0.5, 0.6) is 5.75 Å². The minimum atomic E-state index is -0.633. The van der Waals surface area contributed by atoms with Crippen molar-refractivity contribution in [1.82, 2.24) is 0 Å². The Morgan fingerprint density at radius 2 is 2.36 bits per heavy atom. The lowest BCUT2D eigenvalue weighted by atomic mass is 10.2. The summed E-state index contributed by atoms with van der Waals surface area (Å²) in [4.78, 5) is 10.4. The van der Waals surface area contributed by atoms with Gasteiger partial charge in [-0.1, -0.05) is 12.0 Å². The van der Waals surface area contributed by atoms with Crippen LogP contribution in [0.4, 0.5) is 0 Å². The first-order chi connectivity index (χ1) is 6.72. The molecule has 0 atom stereocenters. The number of carbonyl (C=O) groups excluding carboxylic acids is 1. The Morgan fingerprint density at radius 1 is 1.57 bits per heavy atom. The van der Waals surface area contributed by atoms with Crippen molar-refractivity contribution in [2.24, 2.45) is 5.73 Å². The predicted molar refractivity (Wildman–Crippen MR) is 53.7 cm³/mol. The van der Waals surface area contributed by atoms with E-state index in [1.165, 1.54) is 0 Å². The van der Waals surface area contributed by atoms with E-state index in [1.54, 1.807) is 12.1 Å². The largest absolute Gasteiger partial charge is 0.494 e. The third kappa shape index (κ3) is 3.20. The van der Waals surface area contributed by atoms with Gasteiger partial charge >= 0.3 is 0 Å². The molecule has 0 aromatic heterocycles. The number of rotatable bonds is 2. The van der Waals surface area contributed by atoms with Gasteiger partial charge in [0.15, 0.2) is 0 Å². The SMILES string of the molecule is CCOc1cccc(C#CC(N)=O)c1. The molecule has 0 aliphatic rings. The van der Waals surface area contributed by atoms with E-state index in [9.17, 15) is 4.79 Å². The molecule has 0 heterocycles. The van der Waals surface area contributed by atoms with Gasteiger partial charge in [-0.25, -0.2) is 0 Å². The lowest BCUT2D eigenvalue weighted by molar-refractivity contribution is -0.112. The molecule has 0 saturated carbocycles. The Kier molecular flexibility index (Phi) is 3.57. The topological polar surface area (TPSA) is 52.3 Å². The molecule has 0 radical (unpaired) electrons. The summed E-state index contributed by atoms with van der Waals surface area (Å²) in [6.45, 7) is 2.51. The van der Waals surface area contributed by atoms with Crippen LogP contribution in [-0.4, -0.2) is 12.5 Å². The molecule has 72 valence electrons. The number of carbonyl (C=O) groups is 1. The highest BCUT2D eigenvalue weighted by Crippen LogP contribution is 2.11. The van der Waals surface area contributed by atoms with E-state index < -0.39 is 5.91 Å². The van der Waals surface area contributed by atoms with E-state index in [0.29, 0.717) is 6.61 Å². The summed E-state index contributed by atoms with van der Waals surface area (Å²) in [7, 11) is 0. The molecule has 0 aliphatic heterocycles. The van der Waals surface area contributed by atoms with Crippen molar-refractivity contribution >= 4 is 5.91 Å². The maximum absolute atomic E-state index is 10.4. The van der Waals surface area contributed by atoms with E-state index in [0.717, 1.165) is 11.3 Å². The second-order valence-corrected chi connectivity index (χ2v) is 2.58. The van der Waals surface area contributed by atoms with Gasteiger partial charge in [-0.2, -0.15) is 0 Å². The van der Waals surface area contributed by atoms with Gasteiger partial charge in [0.05, 0.1) is 6.61 Å². The van der Waals surface area contributed by atoms with Gasteiger partial charge in [0.2, 0.25) is 0 Å². The van der Waals surface area contributed by atoms with Gasteiger partial charge < -0.3 is 10.5 Å². The average Bonchev–Trinajstić information content (AvgIpc) is 2.16. The van der Waals surface area contributed by atoms with Crippen molar-refractivity contribution in [2.45, 2.75) is 6.92 Å². The first kappa shape index (κ1) is 10.1. The van der Waals surface area contributed by atoms with E-state index >= 15 is 0 Å². The van der Waals surface area contributed by atoms with Crippen molar-refractivity contribution in [3.05, 3.63) is 29.8 Å². The van der Waals surface area contributed by atoms with Crippen LogP contribution in [0, 0.1) is 11.8 Å². The van der Waals surface area contributed by atoms with Gasteiger partial charge in [0.25, 0.3) is 5.91 Å². The lowest BCUT2D eigenvalue weighted by Crippen LogP contribution is -2.06. The third-order valence-corrected chi connectivity index (χ3v) is 1.48. The number of nitrogens with two attached hydrogens (primary N) is 1. The summed E-state index contributed by atoms with van der Waals surface area (Å²) >= 11 is 0. The van der Waals surface area contributed by atoms with Gasteiger partial charge in [0.1, 0.15) is 5.75 Å². The van der Waals surface area contributed by atoms with Crippen LogP contribution >= 0.6 is 0 Å². The second-order valence-electron chi connectivity index (χ2n) is 2.58. The molecule has 3 heteroatoms. The Labute approximate surface area is 82.9 Å². The first-order valence-electron chi connectivity index (χ1n) is 4.26. The summed E-state index contributed by atoms with van der Waals surface area (Å²) in [6.07, 6.45) is 0. The number of benzene rings is 1. The minimum absolute atomic E-state index is 0.604. The molecule has 2 N–H and O–H groups in total. The van der Waals surface area contributed by atoms with Crippen LogP contribution < -0.4 is 10.5 Å². The molecule has 3 nitrogen and oxygen atoms in total. The molecule has 14 heavy (non-hydrogen) atoms. The number of hydrogen-bond acceptors (Lipinski definition) is 2. The van der Waals surface area contributed by atoms with E-state index in [-0.39, 0.29) is 0 Å². The summed E-state index contributed by atoms with van der Waals surface area (Å²) in [5.41, 5.74) is 5.61. The maximum Gasteiger partial charge on any atom is 0.293 e. The molecule has 1 rings (SSSR count). The fourth-order valence-corrected chi connectivity index (χ4v) is 0.964. The van der Waals surface area contributed by atoms with Crippen molar-refractivity contribution in [2.75, 3.05) is 6.61 Å². The van der Waals surface area contributed by atoms with Crippen molar-refractivity contribution in [1.29, 1.82) is 0 Å². The maximum atomic E-state index is 10.4. The Hall–Kier alpha value is -1.95. The van der Waals surface area contributed by atoms with Crippen LogP contribution in [0.25, 0.3) is 0 Å². The Morgan fingerprint density at radius 3 is 3.00 bits per heavy atom. The fraction of sp³-hybridized carbons (Fsp3) is 0.182. The van der Waals surface area contributed by atoms with Gasteiger partial charge in [-0.05, 0) is 31.0 Å². The van der Waals surface area contributed by atoms with Crippen LogP contribution in [0.15, 0.2) is 24.3 Å². The van der Waals surface area contributed by atoms with Crippen LogP contribution in [-0.2, 0) is 4.79 Å². The fourth-order valence-electron chi connectivity index (χ4n) is 0.964. The molecule has 0 saturated heterocycles. The molecular formula is C11H11NO2. The van der Waals surface area contributed by atoms with E-state index in [2.05, 4.69) is 11.8 Å². The smallest absolute Gasteiger partial charge is 0.293 e. The molecule has 1 aromatic rings. The second kappa shape index (κ2) is 4.93. The standard InChI is InChI=1S/C11H11NO2/c1-2-14-10-5-3-4-9(8-10)6-7-11(12)13/h3-5,8H,2H2,1H3,(H2,12,13). The molecule has 1 amide bonds. The predicted octanol–water partition coefficient (Wildman–Crippen LogP) is 0.922. The Bertz CT molecular complexity index is 388. The monoisotopic (exact) mass is 189 g/mol. The first-order valence-corrected chi connectivity index (χ1v) is 4.26. The van der Waals surface area contributed by atoms with Crippen molar-refractivity contribution in [3.63, 3.8) is 0 Å². The molecule has 0 spiro atoms. The molecule has 0 aliphatic carbocycles. The van der Waals surface area contributed by atoms with E-state index in [4.69, 9.17) is 10.5 Å². The van der Waals surface area contributed by atoms with Crippen molar-refractivity contribution < 1.29 is 9.53 Å². The molecule has 0 unspecified atom stereocenters. The number of amides is 1. The highest BCUT2D eigenvalue weighted by molar-refractivity contribution is 5.92. The third-order valence-electron chi connectivity index (χ3n) is 1.48. The van der Waals surface area contributed by atoms with Gasteiger partial charge in [-0.3, -0.25) is 4.79 Å². The highest BCUT2D eigenvalue weighted by Gasteiger charge is 1.92. The summed E-state index contributed by atoms with van der Waals surface area (Å²) < 4.78 is 5.27. The zero-order chi connectivity index (χ0) is 10.4. The summed E-state index contributed by atoms with van der Waals surface area (Å²) in [5.74, 6) is 5.01. The number of primary amides is 1. The number of ether oxygens (including phenoxy) is 1. The zero-order valence-corrected chi connectivity index (χ0v) is 7.91. The lowest BCUT2D eigenvalue weighted by Gasteiger charge is -2.01. The van der Waals surface area contributed by atoms with Crippen LogP contribution in [0.2, 0.25) is 0 Å². The molecular weight excluding hydrogens is 178 g/mol. The molecule has 0 fully saturated rings. The summed E-state index contributed by atoms with van der Waals surface area (Å²) in [6, 6.07) is 7.20. The van der Waals surface area contributed by atoms with E-state index in [1.807, 2.05) is 19.1 Å². The highest BCUT2D eigenvalue weighted by atomic mass is 16.5. The zero-order valence-electron chi connectivity index (χ0n) is 7.91. The van der Waals surface area contributed by atoms with Crippen molar-refractivity contribution in [3.8, 4) is 17.6 Å². The molecule has 0 bridgehead atoms. The van der Waals surface area contributed by atoms with Gasteiger partial charge in [-0.15, -0.1) is 0 Å². The normalized spacial score (nSPS) is 8.64. The molecule has 1 aromatic carbocycles.